The van der Waals surface area contributed by atoms with Crippen molar-refractivity contribution in [2.75, 3.05) is 44.2 Å². The first-order valence-corrected chi connectivity index (χ1v) is 15.7. The number of carbonyl (C=O) groups is 1. The highest BCUT2D eigenvalue weighted by molar-refractivity contribution is 5.91. The van der Waals surface area contributed by atoms with Crippen LogP contribution in [-0.2, 0) is 22.6 Å². The molecule has 9 nitrogen and oxygen atoms in total. The molecule has 1 aromatic carbocycles. The molecule has 1 amide bonds. The molecular weight excluding hydrogens is 547 g/mol. The Balaban J connectivity index is 1.20. The minimum atomic E-state index is -1.01. The van der Waals surface area contributed by atoms with Gasteiger partial charge in [0.05, 0.1) is 42.5 Å². The lowest BCUT2D eigenvalue weighted by molar-refractivity contribution is -0.131. The lowest BCUT2D eigenvalue weighted by Gasteiger charge is -2.42. The van der Waals surface area contributed by atoms with Crippen molar-refractivity contribution in [1.29, 1.82) is 5.26 Å². The fourth-order valence-electron chi connectivity index (χ4n) is 7.74. The number of halogens is 1. The number of nitrogens with zero attached hydrogens (tertiary/aromatic N) is 6. The summed E-state index contributed by atoms with van der Waals surface area (Å²) in [4.78, 5) is 28.5. The predicted molar refractivity (Wildman–Crippen MR) is 158 cm³/mol. The van der Waals surface area contributed by atoms with Gasteiger partial charge in [0.1, 0.15) is 12.4 Å². The van der Waals surface area contributed by atoms with Gasteiger partial charge in [0.25, 0.3) is 5.91 Å². The summed E-state index contributed by atoms with van der Waals surface area (Å²) in [6.07, 6.45) is 7.67. The highest BCUT2D eigenvalue weighted by Gasteiger charge is 2.45. The number of piperazine rings is 1. The summed E-state index contributed by atoms with van der Waals surface area (Å²) in [6.45, 7) is 7.40. The summed E-state index contributed by atoms with van der Waals surface area (Å²) < 4.78 is 26.8. The van der Waals surface area contributed by atoms with Crippen molar-refractivity contribution >= 4 is 11.7 Å². The Hall–Kier alpha value is -3.55. The number of hydrogen-bond acceptors (Lipinski definition) is 8. The van der Waals surface area contributed by atoms with Crippen LogP contribution in [0.3, 0.4) is 0 Å². The molecule has 1 aliphatic carbocycles. The van der Waals surface area contributed by atoms with Gasteiger partial charge in [-0.25, -0.2) is 4.39 Å². The molecule has 4 fully saturated rings. The number of benzene rings is 1. The van der Waals surface area contributed by atoms with Crippen molar-refractivity contribution in [3.8, 4) is 12.1 Å². The third kappa shape index (κ3) is 5.38. The van der Waals surface area contributed by atoms with Gasteiger partial charge in [0.15, 0.2) is 5.83 Å². The van der Waals surface area contributed by atoms with E-state index in [9.17, 15) is 14.4 Å². The van der Waals surface area contributed by atoms with Gasteiger partial charge in [-0.15, -0.1) is 0 Å². The van der Waals surface area contributed by atoms with Gasteiger partial charge in [-0.2, -0.15) is 15.2 Å². The molecule has 1 aromatic heterocycles. The SMILES string of the molecule is C=C(F)C(=O)N1CCN(c2nc(OCC34CCCN3CCC4)nc3c2CO[C@H](c2ccccc2C2CC2)C3)C[C@@H]1CC#N. The van der Waals surface area contributed by atoms with E-state index in [2.05, 4.69) is 46.7 Å². The van der Waals surface area contributed by atoms with Crippen molar-refractivity contribution in [3.63, 3.8) is 0 Å². The molecule has 10 heteroatoms. The second-order valence-corrected chi connectivity index (χ2v) is 12.7. The Kier molecular flexibility index (Phi) is 7.56. The molecule has 0 radical (unpaired) electrons. The van der Waals surface area contributed by atoms with Gasteiger partial charge in [-0.05, 0) is 68.7 Å². The minimum Gasteiger partial charge on any atom is -0.461 e. The number of hydrogen-bond donors (Lipinski definition) is 0. The van der Waals surface area contributed by atoms with E-state index in [1.807, 2.05) is 0 Å². The number of rotatable bonds is 8. The van der Waals surface area contributed by atoms with Gasteiger partial charge < -0.3 is 19.3 Å². The number of anilines is 1. The first-order chi connectivity index (χ1) is 21.0. The molecule has 2 atom stereocenters. The molecule has 1 saturated carbocycles. The molecule has 5 heterocycles. The van der Waals surface area contributed by atoms with E-state index in [-0.39, 0.29) is 24.6 Å². The average Bonchev–Trinajstić information content (AvgIpc) is 3.68. The van der Waals surface area contributed by atoms with Gasteiger partial charge in [-0.3, -0.25) is 9.69 Å². The van der Waals surface area contributed by atoms with Crippen LogP contribution in [0.4, 0.5) is 10.2 Å². The van der Waals surface area contributed by atoms with Crippen LogP contribution in [0.5, 0.6) is 6.01 Å². The third-order valence-electron chi connectivity index (χ3n) is 10.1. The first-order valence-electron chi connectivity index (χ1n) is 15.7. The van der Waals surface area contributed by atoms with Crippen LogP contribution in [0.15, 0.2) is 36.7 Å². The summed E-state index contributed by atoms with van der Waals surface area (Å²) >= 11 is 0. The molecule has 226 valence electrons. The highest BCUT2D eigenvalue weighted by atomic mass is 19.1. The first kappa shape index (κ1) is 28.2. The van der Waals surface area contributed by atoms with E-state index < -0.39 is 17.8 Å². The van der Waals surface area contributed by atoms with Gasteiger partial charge in [-0.1, -0.05) is 30.8 Å². The monoisotopic (exact) mass is 586 g/mol. The van der Waals surface area contributed by atoms with E-state index in [4.69, 9.17) is 19.4 Å². The Bertz CT molecular complexity index is 1440. The van der Waals surface area contributed by atoms with Crippen LogP contribution in [0.2, 0.25) is 0 Å². The summed E-state index contributed by atoms with van der Waals surface area (Å²) in [7, 11) is 0. The topological polar surface area (TPSA) is 94.8 Å². The molecule has 43 heavy (non-hydrogen) atoms. The molecule has 0 N–H and O–H groups in total. The normalized spacial score (nSPS) is 24.7. The number of ether oxygens (including phenoxy) is 2. The number of fused-ring (bicyclic) bond motifs is 2. The smallest absolute Gasteiger partial charge is 0.318 e. The van der Waals surface area contributed by atoms with Crippen molar-refractivity contribution in [3.05, 3.63) is 59.1 Å². The molecule has 7 rings (SSSR count). The molecule has 0 unspecified atom stereocenters. The molecule has 0 spiro atoms. The number of amides is 1. The minimum absolute atomic E-state index is 0.0624. The fraction of sp³-hybridized carbons (Fsp3) is 0.576. The summed E-state index contributed by atoms with van der Waals surface area (Å²) in [5, 5.41) is 9.51. The average molecular weight is 587 g/mol. The van der Waals surface area contributed by atoms with Crippen molar-refractivity contribution in [2.24, 2.45) is 0 Å². The Labute approximate surface area is 252 Å². The lowest BCUT2D eigenvalue weighted by Crippen LogP contribution is -2.55. The van der Waals surface area contributed by atoms with Gasteiger partial charge in [0.2, 0.25) is 0 Å². The van der Waals surface area contributed by atoms with Crippen molar-refractivity contribution < 1.29 is 18.7 Å². The molecular formula is C33H39FN6O3. The molecule has 5 aliphatic rings. The van der Waals surface area contributed by atoms with Gasteiger partial charge in [0, 0.05) is 31.6 Å². The standard InChI is InChI=1S/C33H39FN6O3/c1-22(34)31(41)40-17-16-38(19-24(40)10-13-35)30-27-20-42-29(26-7-3-2-6-25(26)23-8-9-23)18-28(27)36-32(37-30)43-21-33-11-4-14-39(33)15-5-12-33/h2-3,6-7,23-24,29H,1,4-5,8-12,14-21H2/t24-,29-/m0/s1. The zero-order valence-corrected chi connectivity index (χ0v) is 24.6. The zero-order chi connectivity index (χ0) is 29.6. The summed E-state index contributed by atoms with van der Waals surface area (Å²) in [5.41, 5.74) is 4.50. The van der Waals surface area contributed by atoms with E-state index in [1.165, 1.54) is 41.7 Å². The Morgan fingerprint density at radius 2 is 1.91 bits per heavy atom. The molecule has 0 bridgehead atoms. The molecule has 4 aliphatic heterocycles. The van der Waals surface area contributed by atoms with E-state index >= 15 is 0 Å². The Morgan fingerprint density at radius 3 is 2.63 bits per heavy atom. The quantitative estimate of drug-likeness (QED) is 0.415. The largest absolute Gasteiger partial charge is 0.461 e. The third-order valence-corrected chi connectivity index (χ3v) is 10.1. The van der Waals surface area contributed by atoms with E-state index in [1.54, 1.807) is 0 Å². The maximum absolute atomic E-state index is 13.8. The van der Waals surface area contributed by atoms with Crippen molar-refractivity contribution in [2.45, 2.75) is 81.6 Å². The second kappa shape index (κ2) is 11.5. The molecule has 2 aromatic rings. The van der Waals surface area contributed by atoms with Crippen LogP contribution in [0.1, 0.15) is 79.4 Å². The van der Waals surface area contributed by atoms with Crippen molar-refractivity contribution in [1.82, 2.24) is 19.8 Å². The van der Waals surface area contributed by atoms with Crippen LogP contribution in [0, 0.1) is 11.3 Å². The van der Waals surface area contributed by atoms with E-state index in [0.717, 1.165) is 43.0 Å². The van der Waals surface area contributed by atoms with Crippen LogP contribution < -0.4 is 9.64 Å². The van der Waals surface area contributed by atoms with E-state index in [0.29, 0.717) is 44.7 Å². The number of nitriles is 1. The van der Waals surface area contributed by atoms with Crippen LogP contribution in [0.25, 0.3) is 0 Å². The summed E-state index contributed by atoms with van der Waals surface area (Å²) in [6, 6.07) is 10.6. The highest BCUT2D eigenvalue weighted by Crippen LogP contribution is 2.45. The summed E-state index contributed by atoms with van der Waals surface area (Å²) in [5.74, 6) is -0.441. The second-order valence-electron chi connectivity index (χ2n) is 12.7. The predicted octanol–water partition coefficient (Wildman–Crippen LogP) is 4.59. The number of aromatic nitrogens is 2. The van der Waals surface area contributed by atoms with Crippen LogP contribution in [-0.4, -0.2) is 76.6 Å². The maximum Gasteiger partial charge on any atom is 0.318 e. The zero-order valence-electron chi connectivity index (χ0n) is 24.6. The Morgan fingerprint density at radius 1 is 1.14 bits per heavy atom. The molecule has 3 saturated heterocycles. The van der Waals surface area contributed by atoms with Gasteiger partial charge >= 0.3 is 6.01 Å². The van der Waals surface area contributed by atoms with Crippen LogP contribution >= 0.6 is 0 Å². The maximum atomic E-state index is 13.8. The fourth-order valence-corrected chi connectivity index (χ4v) is 7.74. The lowest BCUT2D eigenvalue weighted by atomic mass is 9.93. The number of carbonyl (C=O) groups excluding carboxylic acids is 1.